The zero-order valence-corrected chi connectivity index (χ0v) is 7.62. The zero-order valence-electron chi connectivity index (χ0n) is 5.35. The van der Waals surface area contributed by atoms with Crippen molar-refractivity contribution in [1.29, 1.82) is 0 Å². The first kappa shape index (κ1) is 11.0. The van der Waals surface area contributed by atoms with Crippen molar-refractivity contribution in [2.24, 2.45) is 5.73 Å². The first-order valence-electron chi connectivity index (χ1n) is 2.56. The second-order valence-corrected chi connectivity index (χ2v) is 4.02. The predicted molar refractivity (Wildman–Crippen MR) is 44.7 cm³/mol. The normalized spacial score (nSPS) is 13.3. The molecular formula is C5H6Cl3NO2. The lowest BCUT2D eigenvalue weighted by Gasteiger charge is -2.05. The fraction of sp³-hybridized carbons (Fsp3) is 0.400. The van der Waals surface area contributed by atoms with Crippen LogP contribution in [0.5, 0.6) is 0 Å². The van der Waals surface area contributed by atoms with Crippen LogP contribution in [0.4, 0.5) is 0 Å². The van der Waals surface area contributed by atoms with Gasteiger partial charge >= 0.3 is 0 Å². The van der Waals surface area contributed by atoms with Crippen LogP contribution in [-0.2, 0) is 4.79 Å². The van der Waals surface area contributed by atoms with Gasteiger partial charge in [-0.1, -0.05) is 34.8 Å². The molecule has 0 bridgehead atoms. The van der Waals surface area contributed by atoms with E-state index in [-0.39, 0.29) is 5.70 Å². The minimum atomic E-state index is -2.00. The number of ketones is 1. The number of rotatable bonds is 2. The zero-order chi connectivity index (χ0) is 9.07. The molecule has 0 spiro atoms. The molecule has 11 heavy (non-hydrogen) atoms. The molecule has 64 valence electrons. The Morgan fingerprint density at radius 1 is 1.55 bits per heavy atom. The number of carbonyl (C=O) groups excluding carboxylic acids is 1. The van der Waals surface area contributed by atoms with E-state index in [0.717, 1.165) is 6.08 Å². The fourth-order valence-corrected chi connectivity index (χ4v) is 0.460. The summed E-state index contributed by atoms with van der Waals surface area (Å²) >= 11 is 15.6. The fourth-order valence-electron chi connectivity index (χ4n) is 0.296. The Morgan fingerprint density at radius 2 is 2.00 bits per heavy atom. The van der Waals surface area contributed by atoms with Gasteiger partial charge in [0.1, 0.15) is 0 Å². The van der Waals surface area contributed by atoms with Gasteiger partial charge in [-0.05, 0) is 0 Å². The average Bonchev–Trinajstić information content (AvgIpc) is 1.85. The first-order chi connectivity index (χ1) is 4.88. The lowest BCUT2D eigenvalue weighted by molar-refractivity contribution is -0.113. The van der Waals surface area contributed by atoms with Gasteiger partial charge in [0, 0.05) is 11.8 Å². The molecule has 6 heteroatoms. The highest BCUT2D eigenvalue weighted by atomic mass is 35.6. The molecule has 0 aromatic heterocycles. The second-order valence-electron chi connectivity index (χ2n) is 1.74. The summed E-state index contributed by atoms with van der Waals surface area (Å²) < 4.78 is -2.00. The molecule has 0 fully saturated rings. The van der Waals surface area contributed by atoms with Crippen LogP contribution in [-0.4, -0.2) is 21.3 Å². The Balaban J connectivity index is 4.30. The molecule has 0 heterocycles. The van der Waals surface area contributed by atoms with Crippen LogP contribution < -0.4 is 5.73 Å². The highest BCUT2D eigenvalue weighted by Gasteiger charge is 2.28. The highest BCUT2D eigenvalue weighted by molar-refractivity contribution is 6.77. The van der Waals surface area contributed by atoms with Gasteiger partial charge in [-0.15, -0.1) is 0 Å². The summed E-state index contributed by atoms with van der Waals surface area (Å²) in [6.45, 7) is -0.438. The molecule has 0 saturated heterocycles. The standard InChI is InChI=1S/C5H6Cl3NO2/c6-5(7,8)4(11)1-3(9)2-10/h1,10H,2,9H2. The Morgan fingerprint density at radius 3 is 2.27 bits per heavy atom. The average molecular weight is 218 g/mol. The number of halogens is 3. The topological polar surface area (TPSA) is 63.3 Å². The summed E-state index contributed by atoms with van der Waals surface area (Å²) in [5, 5.41) is 8.37. The summed E-state index contributed by atoms with van der Waals surface area (Å²) in [4.78, 5) is 10.8. The molecule has 0 unspecified atom stereocenters. The van der Waals surface area contributed by atoms with Gasteiger partial charge in [0.25, 0.3) is 3.79 Å². The van der Waals surface area contributed by atoms with E-state index in [9.17, 15) is 4.79 Å². The molecule has 0 aliphatic rings. The van der Waals surface area contributed by atoms with Gasteiger partial charge in [-0.2, -0.15) is 0 Å². The van der Waals surface area contributed by atoms with Crippen LogP contribution >= 0.6 is 34.8 Å². The van der Waals surface area contributed by atoms with E-state index >= 15 is 0 Å². The van der Waals surface area contributed by atoms with Crippen molar-refractivity contribution in [3.8, 4) is 0 Å². The number of carbonyl (C=O) groups is 1. The number of alkyl halides is 3. The van der Waals surface area contributed by atoms with Crippen molar-refractivity contribution < 1.29 is 9.90 Å². The molecule has 3 N–H and O–H groups in total. The van der Waals surface area contributed by atoms with Crippen LogP contribution in [0, 0.1) is 0 Å². The van der Waals surface area contributed by atoms with Crippen LogP contribution in [0.15, 0.2) is 11.8 Å². The lowest BCUT2D eigenvalue weighted by atomic mass is 10.3. The lowest BCUT2D eigenvalue weighted by Crippen LogP contribution is -2.18. The number of allylic oxidation sites excluding steroid dienone is 1. The number of hydrogen-bond donors (Lipinski definition) is 2. The van der Waals surface area contributed by atoms with E-state index in [2.05, 4.69) is 0 Å². The number of aliphatic hydroxyl groups is 1. The van der Waals surface area contributed by atoms with Crippen molar-refractivity contribution in [3.63, 3.8) is 0 Å². The van der Waals surface area contributed by atoms with E-state index in [1.165, 1.54) is 0 Å². The maximum atomic E-state index is 10.8. The summed E-state index contributed by atoms with van der Waals surface area (Å²) in [5.41, 5.74) is 5.04. The molecule has 0 atom stereocenters. The quantitative estimate of drug-likeness (QED) is 0.531. The first-order valence-corrected chi connectivity index (χ1v) is 3.69. The van der Waals surface area contributed by atoms with Crippen molar-refractivity contribution in [1.82, 2.24) is 0 Å². The molecule has 0 aliphatic heterocycles. The Hall–Kier alpha value is 0.0400. The predicted octanol–water partition coefficient (Wildman–Crippen LogP) is 0.761. The van der Waals surface area contributed by atoms with Gasteiger partial charge in [0.15, 0.2) is 0 Å². The van der Waals surface area contributed by atoms with Gasteiger partial charge in [-0.25, -0.2) is 0 Å². The minimum absolute atomic E-state index is 0.0404. The molecule has 3 nitrogen and oxygen atoms in total. The minimum Gasteiger partial charge on any atom is -0.400 e. The maximum absolute atomic E-state index is 10.8. The largest absolute Gasteiger partial charge is 0.400 e. The Labute approximate surface area is 78.7 Å². The molecule has 0 aromatic carbocycles. The summed E-state index contributed by atoms with van der Waals surface area (Å²) in [6.07, 6.45) is 0.882. The third-order valence-electron chi connectivity index (χ3n) is 0.778. The molecule has 0 aromatic rings. The van der Waals surface area contributed by atoms with Crippen molar-refractivity contribution in [2.45, 2.75) is 3.79 Å². The third-order valence-corrected chi connectivity index (χ3v) is 1.34. The van der Waals surface area contributed by atoms with Crippen molar-refractivity contribution in [3.05, 3.63) is 11.8 Å². The maximum Gasteiger partial charge on any atom is 0.252 e. The smallest absolute Gasteiger partial charge is 0.252 e. The molecule has 0 saturated carbocycles. The number of aliphatic hydroxyl groups excluding tert-OH is 1. The van der Waals surface area contributed by atoms with E-state index in [1.54, 1.807) is 0 Å². The van der Waals surface area contributed by atoms with E-state index < -0.39 is 16.2 Å². The highest BCUT2D eigenvalue weighted by Crippen LogP contribution is 2.27. The van der Waals surface area contributed by atoms with Gasteiger partial charge in [0.2, 0.25) is 5.78 Å². The summed E-state index contributed by atoms with van der Waals surface area (Å²) in [7, 11) is 0. The van der Waals surface area contributed by atoms with Gasteiger partial charge < -0.3 is 10.8 Å². The van der Waals surface area contributed by atoms with E-state index in [1.807, 2.05) is 0 Å². The summed E-state index contributed by atoms with van der Waals surface area (Å²) in [5.74, 6) is -0.769. The van der Waals surface area contributed by atoms with Crippen LogP contribution in [0.2, 0.25) is 0 Å². The second kappa shape index (κ2) is 4.16. The van der Waals surface area contributed by atoms with Crippen LogP contribution in [0.25, 0.3) is 0 Å². The van der Waals surface area contributed by atoms with E-state index in [4.69, 9.17) is 45.6 Å². The van der Waals surface area contributed by atoms with Gasteiger partial charge in [0.05, 0.1) is 6.61 Å². The summed E-state index contributed by atoms with van der Waals surface area (Å²) in [6, 6.07) is 0. The molecule has 0 amide bonds. The Bertz CT molecular complexity index is 185. The van der Waals surface area contributed by atoms with E-state index in [0.29, 0.717) is 0 Å². The molecule has 0 radical (unpaired) electrons. The third kappa shape index (κ3) is 4.48. The van der Waals surface area contributed by atoms with Gasteiger partial charge in [-0.3, -0.25) is 4.79 Å². The number of nitrogens with two attached hydrogens (primary N) is 1. The SMILES string of the molecule is NC(=CC(=O)C(Cl)(Cl)Cl)CO. The van der Waals surface area contributed by atoms with Crippen LogP contribution in [0.1, 0.15) is 0 Å². The molecule has 0 aliphatic carbocycles. The van der Waals surface area contributed by atoms with Crippen molar-refractivity contribution >= 4 is 40.6 Å². The van der Waals surface area contributed by atoms with Crippen molar-refractivity contribution in [2.75, 3.05) is 6.61 Å². The number of hydrogen-bond acceptors (Lipinski definition) is 3. The monoisotopic (exact) mass is 217 g/mol. The molecular weight excluding hydrogens is 212 g/mol. The molecule has 0 rings (SSSR count). The Kier molecular flexibility index (Phi) is 4.18. The van der Waals surface area contributed by atoms with Crippen LogP contribution in [0.3, 0.4) is 0 Å².